The molecule has 0 heterocycles. The van der Waals surface area contributed by atoms with Crippen molar-refractivity contribution >= 4 is 11.6 Å². The number of rotatable bonds is 1. The molecule has 0 amide bonds. The van der Waals surface area contributed by atoms with Gasteiger partial charge in [-0.3, -0.25) is 4.39 Å². The summed E-state index contributed by atoms with van der Waals surface area (Å²) in [7, 11) is 0. The molecule has 0 atom stereocenters. The maximum absolute atomic E-state index is 13.7. The summed E-state index contributed by atoms with van der Waals surface area (Å²) < 4.78 is 13.7. The average Bonchev–Trinajstić information content (AvgIpc) is 2.24. The summed E-state index contributed by atoms with van der Waals surface area (Å²) in [6.45, 7) is 2.26. The van der Waals surface area contributed by atoms with Crippen molar-refractivity contribution in [1.82, 2.24) is 0 Å². The third kappa shape index (κ3) is 3.62. The van der Waals surface area contributed by atoms with Crippen LogP contribution >= 0.6 is 11.6 Å². The summed E-state index contributed by atoms with van der Waals surface area (Å²) in [4.78, 5) is 0. The molecule has 0 nitrogen and oxygen atoms in total. The van der Waals surface area contributed by atoms with Crippen molar-refractivity contribution in [3.8, 4) is 0 Å². The maximum Gasteiger partial charge on any atom is 1.00 e. The van der Waals surface area contributed by atoms with Gasteiger partial charge in [-0.05, 0) is 29.7 Å². The fourth-order valence-corrected chi connectivity index (χ4v) is 2.53. The molecule has 0 spiro atoms. The Bertz CT molecular complexity index is 346. The van der Waals surface area contributed by atoms with E-state index in [1.807, 2.05) is 6.07 Å². The van der Waals surface area contributed by atoms with Crippen molar-refractivity contribution < 1.29 is 62.6 Å². The van der Waals surface area contributed by atoms with Crippen LogP contribution in [0.15, 0.2) is 12.1 Å². The van der Waals surface area contributed by atoms with Crippen molar-refractivity contribution in [3.05, 3.63) is 34.6 Å². The molecule has 82 valence electrons. The molecule has 0 bridgehead atoms. The first-order chi connectivity index (χ1) is 7.18. The van der Waals surface area contributed by atoms with E-state index >= 15 is 0 Å². The summed E-state index contributed by atoms with van der Waals surface area (Å²) in [6.07, 6.45) is 4.55. The number of benzene rings is 1. The Morgan fingerprint density at radius 3 is 2.56 bits per heavy atom. The molecule has 1 aliphatic carbocycles. The molecule has 0 radical (unpaired) electrons. The van der Waals surface area contributed by atoms with E-state index in [1.54, 1.807) is 6.07 Å². The molecule has 1 aromatic rings. The van der Waals surface area contributed by atoms with E-state index in [1.165, 1.54) is 12.8 Å². The zero-order valence-corrected chi connectivity index (χ0v) is 15.6. The molecule has 1 saturated carbocycles. The second kappa shape index (κ2) is 6.99. The van der Waals surface area contributed by atoms with Gasteiger partial charge in [0.25, 0.3) is 0 Å². The summed E-state index contributed by atoms with van der Waals surface area (Å²) in [6, 6.07) is 6.22. The van der Waals surface area contributed by atoms with Crippen LogP contribution in [-0.2, 0) is 0 Å². The molecule has 16 heavy (non-hydrogen) atoms. The zero-order valence-electron chi connectivity index (χ0n) is 9.89. The first-order valence-electron chi connectivity index (χ1n) is 5.54. The minimum absolute atomic E-state index is 0. The summed E-state index contributed by atoms with van der Waals surface area (Å²) in [5, 5.41) is 0.131. The largest absolute Gasteiger partial charge is 1.00 e. The predicted octanol–water partition coefficient (Wildman–Crippen LogP) is 1.58. The molecule has 0 aromatic heterocycles. The summed E-state index contributed by atoms with van der Waals surface area (Å²) in [5.74, 6) is 0.877. The smallest absolute Gasteiger partial charge is 0.283 e. The normalized spacial score (nSPS) is 24.9. The Morgan fingerprint density at radius 1 is 1.31 bits per heavy atom. The van der Waals surface area contributed by atoms with E-state index in [0.29, 0.717) is 5.92 Å². The Balaban J connectivity index is 0.00000128. The van der Waals surface area contributed by atoms with Gasteiger partial charge in [0, 0.05) is 5.82 Å². The third-order valence-corrected chi connectivity index (χ3v) is 3.65. The Labute approximate surface area is 151 Å². The van der Waals surface area contributed by atoms with Gasteiger partial charge in [-0.25, -0.2) is 0 Å². The molecule has 0 aliphatic heterocycles. The molecular formula is C13H15ClFRb. The van der Waals surface area contributed by atoms with E-state index in [-0.39, 0.29) is 69.0 Å². The fraction of sp³-hybridized carbons (Fsp3) is 0.538. The van der Waals surface area contributed by atoms with Gasteiger partial charge >= 0.3 is 58.2 Å². The number of hydrogen-bond donors (Lipinski definition) is 0. The minimum atomic E-state index is -0.265. The minimum Gasteiger partial charge on any atom is -0.283 e. The van der Waals surface area contributed by atoms with Crippen LogP contribution in [0.1, 0.15) is 44.1 Å². The Morgan fingerprint density at radius 2 is 1.94 bits per heavy atom. The molecule has 0 N–H and O–H groups in total. The van der Waals surface area contributed by atoms with Crippen molar-refractivity contribution in [3.63, 3.8) is 0 Å². The van der Waals surface area contributed by atoms with Crippen molar-refractivity contribution in [2.45, 2.75) is 38.5 Å². The van der Waals surface area contributed by atoms with Gasteiger partial charge in [0.05, 0.1) is 0 Å². The van der Waals surface area contributed by atoms with Crippen LogP contribution < -0.4 is 58.2 Å². The van der Waals surface area contributed by atoms with Gasteiger partial charge in [-0.2, -0.15) is 18.2 Å². The number of hydrogen-bond acceptors (Lipinski definition) is 0. The molecule has 0 saturated heterocycles. The van der Waals surface area contributed by atoms with Crippen LogP contribution in [0.25, 0.3) is 0 Å². The van der Waals surface area contributed by atoms with Gasteiger partial charge in [-0.1, -0.05) is 19.8 Å². The van der Waals surface area contributed by atoms with E-state index in [9.17, 15) is 4.39 Å². The molecule has 1 aliphatic rings. The van der Waals surface area contributed by atoms with Crippen LogP contribution in [-0.4, -0.2) is 0 Å². The van der Waals surface area contributed by atoms with Gasteiger partial charge in [0.2, 0.25) is 0 Å². The first-order valence-corrected chi connectivity index (χ1v) is 5.92. The third-order valence-electron chi connectivity index (χ3n) is 3.37. The van der Waals surface area contributed by atoms with Crippen molar-refractivity contribution in [2.75, 3.05) is 0 Å². The van der Waals surface area contributed by atoms with Gasteiger partial charge in [0.1, 0.15) is 0 Å². The van der Waals surface area contributed by atoms with E-state index in [2.05, 4.69) is 13.0 Å². The van der Waals surface area contributed by atoms with Crippen LogP contribution in [0.2, 0.25) is 5.02 Å². The maximum atomic E-state index is 13.7. The second-order valence-corrected chi connectivity index (χ2v) is 4.90. The zero-order chi connectivity index (χ0) is 10.8. The monoisotopic (exact) mass is 310 g/mol. The molecule has 3 heteroatoms. The van der Waals surface area contributed by atoms with Crippen LogP contribution in [0, 0.1) is 17.8 Å². The van der Waals surface area contributed by atoms with Crippen molar-refractivity contribution in [2.24, 2.45) is 5.92 Å². The average molecular weight is 311 g/mol. The SMILES string of the molecule is CC1CCC(c2cc[c-]c(Cl)c2F)CC1.[Rb+]. The number of halogens is 2. The predicted molar refractivity (Wildman–Crippen MR) is 60.6 cm³/mol. The van der Waals surface area contributed by atoms with Crippen molar-refractivity contribution in [1.29, 1.82) is 0 Å². The summed E-state index contributed by atoms with van der Waals surface area (Å²) in [5.41, 5.74) is 0.783. The Hall–Kier alpha value is 1.25. The van der Waals surface area contributed by atoms with Gasteiger partial charge in [0.15, 0.2) is 0 Å². The van der Waals surface area contributed by atoms with Crippen LogP contribution in [0.4, 0.5) is 4.39 Å². The standard InChI is InChI=1S/C13H15ClF.Rb/c1-9-5-7-10(8-6-9)11-3-2-4-12(14)13(11)15;/h2-3,9-10H,5-8H2,1H3;/q-1;+1. The van der Waals surface area contributed by atoms with Crippen LogP contribution in [0.5, 0.6) is 0 Å². The summed E-state index contributed by atoms with van der Waals surface area (Å²) >= 11 is 5.73. The fourth-order valence-electron chi connectivity index (χ4n) is 2.35. The van der Waals surface area contributed by atoms with Gasteiger partial charge in [-0.15, -0.1) is 17.2 Å². The van der Waals surface area contributed by atoms with Crippen LogP contribution in [0.3, 0.4) is 0 Å². The second-order valence-electron chi connectivity index (χ2n) is 4.52. The molecule has 2 rings (SSSR count). The Kier molecular flexibility index (Phi) is 6.68. The quantitative estimate of drug-likeness (QED) is 0.691. The van der Waals surface area contributed by atoms with E-state index in [0.717, 1.165) is 24.3 Å². The first kappa shape index (κ1) is 15.3. The molecular weight excluding hydrogens is 296 g/mol. The van der Waals surface area contributed by atoms with E-state index < -0.39 is 0 Å². The molecule has 0 unspecified atom stereocenters. The topological polar surface area (TPSA) is 0 Å². The van der Waals surface area contributed by atoms with Gasteiger partial charge < -0.3 is 0 Å². The molecule has 1 aromatic carbocycles. The van der Waals surface area contributed by atoms with E-state index in [4.69, 9.17) is 11.6 Å². The molecule has 1 fully saturated rings.